The molecule has 2 N–H and O–H groups in total. The average molecular weight is 309 g/mol. The Bertz CT molecular complexity index is 527. The molecule has 0 spiro atoms. The van der Waals surface area contributed by atoms with E-state index in [0.29, 0.717) is 25.7 Å². The Morgan fingerprint density at radius 1 is 1.23 bits per heavy atom. The summed E-state index contributed by atoms with van der Waals surface area (Å²) in [5.74, 6) is -1.53. The maximum Gasteiger partial charge on any atom is 0.306 e. The zero-order valence-corrected chi connectivity index (χ0v) is 12.3. The first-order chi connectivity index (χ1) is 10.6. The number of para-hydroxylation sites is 1. The molecule has 1 aliphatic carbocycles. The minimum absolute atomic E-state index is 0.0246. The summed E-state index contributed by atoms with van der Waals surface area (Å²) in [6.07, 6.45) is 2.68. The number of aliphatic carboxylic acids is 1. The molecule has 0 atom stereocenters. The fourth-order valence-electron chi connectivity index (χ4n) is 2.60. The van der Waals surface area contributed by atoms with E-state index in [2.05, 4.69) is 5.32 Å². The van der Waals surface area contributed by atoms with Crippen molar-refractivity contribution in [2.75, 3.05) is 6.61 Å². The SMILES string of the molecule is O=C(CCOc1ccccc1F)NC1CCC(C(=O)O)CC1. The van der Waals surface area contributed by atoms with Crippen LogP contribution in [0.4, 0.5) is 4.39 Å². The summed E-state index contributed by atoms with van der Waals surface area (Å²) in [5.41, 5.74) is 0. The molecule has 1 saturated carbocycles. The first-order valence-electron chi connectivity index (χ1n) is 7.45. The molecule has 5 nitrogen and oxygen atoms in total. The third-order valence-corrected chi connectivity index (χ3v) is 3.86. The lowest BCUT2D eigenvalue weighted by molar-refractivity contribution is -0.142. The number of nitrogens with one attached hydrogen (secondary N) is 1. The topological polar surface area (TPSA) is 75.6 Å². The van der Waals surface area contributed by atoms with Crippen LogP contribution in [-0.2, 0) is 9.59 Å². The Hall–Kier alpha value is -2.11. The molecular formula is C16H20FNO4. The molecule has 1 aromatic carbocycles. The van der Waals surface area contributed by atoms with Gasteiger partial charge in [-0.1, -0.05) is 12.1 Å². The van der Waals surface area contributed by atoms with Gasteiger partial charge in [0.05, 0.1) is 18.9 Å². The summed E-state index contributed by atoms with van der Waals surface area (Å²) in [7, 11) is 0. The summed E-state index contributed by atoms with van der Waals surface area (Å²) in [6.45, 7) is 0.108. The number of rotatable bonds is 6. The van der Waals surface area contributed by atoms with E-state index in [0.717, 1.165) is 0 Å². The second-order valence-electron chi connectivity index (χ2n) is 5.48. The van der Waals surface area contributed by atoms with Crippen LogP contribution in [0.5, 0.6) is 5.75 Å². The third kappa shape index (κ3) is 4.72. The third-order valence-electron chi connectivity index (χ3n) is 3.86. The number of amides is 1. The van der Waals surface area contributed by atoms with Gasteiger partial charge in [0.25, 0.3) is 0 Å². The molecule has 1 aromatic rings. The highest BCUT2D eigenvalue weighted by Crippen LogP contribution is 2.24. The van der Waals surface area contributed by atoms with Gasteiger partial charge in [-0.3, -0.25) is 9.59 Å². The van der Waals surface area contributed by atoms with Gasteiger partial charge in [-0.25, -0.2) is 4.39 Å². The number of carboxylic acid groups (broad SMARTS) is 1. The van der Waals surface area contributed by atoms with Crippen LogP contribution in [0.25, 0.3) is 0 Å². The average Bonchev–Trinajstić information content (AvgIpc) is 2.50. The van der Waals surface area contributed by atoms with Crippen LogP contribution in [0, 0.1) is 11.7 Å². The zero-order chi connectivity index (χ0) is 15.9. The monoisotopic (exact) mass is 309 g/mol. The summed E-state index contributed by atoms with van der Waals surface area (Å²) >= 11 is 0. The number of benzene rings is 1. The predicted molar refractivity (Wildman–Crippen MR) is 78.0 cm³/mol. The number of carbonyl (C=O) groups is 2. The molecule has 0 saturated heterocycles. The van der Waals surface area contributed by atoms with Gasteiger partial charge in [-0.15, -0.1) is 0 Å². The van der Waals surface area contributed by atoms with Crippen molar-refractivity contribution in [3.8, 4) is 5.75 Å². The van der Waals surface area contributed by atoms with Gasteiger partial charge in [-0.05, 0) is 37.8 Å². The number of ether oxygens (including phenoxy) is 1. The standard InChI is InChI=1S/C16H20FNO4/c17-13-3-1-2-4-14(13)22-10-9-15(19)18-12-7-5-11(6-8-12)16(20)21/h1-4,11-12H,5-10H2,(H,18,19)(H,20,21). The molecule has 120 valence electrons. The van der Waals surface area contributed by atoms with Crippen molar-refractivity contribution in [2.24, 2.45) is 5.92 Å². The van der Waals surface area contributed by atoms with Crippen LogP contribution in [-0.4, -0.2) is 29.6 Å². The molecule has 0 aliphatic heterocycles. The van der Waals surface area contributed by atoms with Crippen molar-refractivity contribution < 1.29 is 23.8 Å². The second-order valence-corrected chi connectivity index (χ2v) is 5.48. The van der Waals surface area contributed by atoms with E-state index in [1.807, 2.05) is 0 Å². The van der Waals surface area contributed by atoms with Gasteiger partial charge >= 0.3 is 5.97 Å². The molecule has 0 aromatic heterocycles. The van der Waals surface area contributed by atoms with E-state index < -0.39 is 11.8 Å². The van der Waals surface area contributed by atoms with Crippen LogP contribution in [0.2, 0.25) is 0 Å². The van der Waals surface area contributed by atoms with E-state index >= 15 is 0 Å². The Balaban J connectivity index is 1.66. The molecule has 22 heavy (non-hydrogen) atoms. The number of halogens is 1. The molecule has 6 heteroatoms. The zero-order valence-electron chi connectivity index (χ0n) is 12.3. The van der Waals surface area contributed by atoms with Crippen molar-refractivity contribution in [2.45, 2.75) is 38.1 Å². The lowest BCUT2D eigenvalue weighted by Gasteiger charge is -2.26. The quantitative estimate of drug-likeness (QED) is 0.846. The maximum atomic E-state index is 13.3. The van der Waals surface area contributed by atoms with Crippen LogP contribution in [0.3, 0.4) is 0 Å². The molecule has 1 amide bonds. The summed E-state index contributed by atoms with van der Waals surface area (Å²) in [4.78, 5) is 22.7. The lowest BCUT2D eigenvalue weighted by Crippen LogP contribution is -2.39. The molecule has 0 heterocycles. The van der Waals surface area contributed by atoms with E-state index in [1.165, 1.54) is 12.1 Å². The molecule has 0 bridgehead atoms. The summed E-state index contributed by atoms with van der Waals surface area (Å²) in [6, 6.07) is 6.08. The van der Waals surface area contributed by atoms with E-state index in [-0.39, 0.29) is 36.6 Å². The van der Waals surface area contributed by atoms with Gasteiger partial charge in [0.1, 0.15) is 0 Å². The van der Waals surface area contributed by atoms with E-state index in [9.17, 15) is 14.0 Å². The summed E-state index contributed by atoms with van der Waals surface area (Å²) < 4.78 is 18.5. The van der Waals surface area contributed by atoms with Crippen LogP contribution in [0.1, 0.15) is 32.1 Å². The van der Waals surface area contributed by atoms with Gasteiger partial charge < -0.3 is 15.2 Å². The van der Waals surface area contributed by atoms with Crippen molar-refractivity contribution >= 4 is 11.9 Å². The largest absolute Gasteiger partial charge is 0.490 e. The highest BCUT2D eigenvalue weighted by atomic mass is 19.1. The molecule has 1 aliphatic rings. The lowest BCUT2D eigenvalue weighted by atomic mass is 9.86. The van der Waals surface area contributed by atoms with E-state index in [4.69, 9.17) is 9.84 Å². The fourth-order valence-corrected chi connectivity index (χ4v) is 2.60. The molecule has 0 unspecified atom stereocenters. The van der Waals surface area contributed by atoms with Crippen LogP contribution >= 0.6 is 0 Å². The Morgan fingerprint density at radius 2 is 1.91 bits per heavy atom. The van der Waals surface area contributed by atoms with Gasteiger partial charge in [0.2, 0.25) is 5.91 Å². The smallest absolute Gasteiger partial charge is 0.306 e. The predicted octanol–water partition coefficient (Wildman–Crippen LogP) is 2.35. The van der Waals surface area contributed by atoms with Crippen LogP contribution in [0.15, 0.2) is 24.3 Å². The number of hydrogen-bond acceptors (Lipinski definition) is 3. The van der Waals surface area contributed by atoms with Crippen molar-refractivity contribution in [1.82, 2.24) is 5.32 Å². The Labute approximate surface area is 128 Å². The maximum absolute atomic E-state index is 13.3. The van der Waals surface area contributed by atoms with Gasteiger partial charge in [0.15, 0.2) is 11.6 Å². The highest BCUT2D eigenvalue weighted by molar-refractivity contribution is 5.76. The summed E-state index contributed by atoms with van der Waals surface area (Å²) in [5, 5.41) is 11.8. The highest BCUT2D eigenvalue weighted by Gasteiger charge is 2.26. The first kappa shape index (κ1) is 16.3. The minimum atomic E-state index is -0.761. The second kappa shape index (κ2) is 7.77. The minimum Gasteiger partial charge on any atom is -0.490 e. The molecule has 1 fully saturated rings. The Kier molecular flexibility index (Phi) is 5.75. The van der Waals surface area contributed by atoms with Gasteiger partial charge in [-0.2, -0.15) is 0 Å². The number of carbonyl (C=O) groups excluding carboxylic acids is 1. The number of hydrogen-bond donors (Lipinski definition) is 2. The van der Waals surface area contributed by atoms with Crippen molar-refractivity contribution in [3.63, 3.8) is 0 Å². The van der Waals surface area contributed by atoms with Gasteiger partial charge in [0, 0.05) is 6.04 Å². The van der Waals surface area contributed by atoms with Crippen molar-refractivity contribution in [1.29, 1.82) is 0 Å². The molecule has 0 radical (unpaired) electrons. The fraction of sp³-hybridized carbons (Fsp3) is 0.500. The van der Waals surface area contributed by atoms with Crippen molar-refractivity contribution in [3.05, 3.63) is 30.1 Å². The molecular weight excluding hydrogens is 289 g/mol. The normalized spacial score (nSPS) is 21.1. The van der Waals surface area contributed by atoms with Crippen LogP contribution < -0.4 is 10.1 Å². The Morgan fingerprint density at radius 3 is 2.55 bits per heavy atom. The molecule has 2 rings (SSSR count). The van der Waals surface area contributed by atoms with E-state index in [1.54, 1.807) is 12.1 Å². The number of carboxylic acids is 1. The first-order valence-corrected chi connectivity index (χ1v) is 7.45.